The smallest absolute Gasteiger partial charge is 0.223 e. The number of nitrogens with one attached hydrogen (secondary N) is 1. The minimum absolute atomic E-state index is 0.223. The van der Waals surface area contributed by atoms with Crippen molar-refractivity contribution in [1.29, 1.82) is 0 Å². The van der Waals surface area contributed by atoms with Gasteiger partial charge in [0.25, 0.3) is 0 Å². The lowest BCUT2D eigenvalue weighted by Crippen LogP contribution is -1.97. The van der Waals surface area contributed by atoms with Crippen LogP contribution in [0.4, 0.5) is 5.95 Å². The molecule has 0 radical (unpaired) electrons. The molecule has 0 saturated heterocycles. The van der Waals surface area contributed by atoms with Gasteiger partial charge >= 0.3 is 0 Å². The zero-order valence-electron chi connectivity index (χ0n) is 13.3. The average Bonchev–Trinajstić information content (AvgIpc) is 3.06. The van der Waals surface area contributed by atoms with E-state index in [1.807, 2.05) is 30.4 Å². The molecule has 0 aliphatic carbocycles. The number of fused-ring (bicyclic) bond motifs is 1. The molecule has 0 aliphatic rings. The topological polar surface area (TPSA) is 98.9 Å². The van der Waals surface area contributed by atoms with E-state index in [0.29, 0.717) is 17.1 Å². The molecular formula is C16H17N5O2S. The van der Waals surface area contributed by atoms with Gasteiger partial charge in [-0.05, 0) is 17.7 Å². The number of hydrogen-bond acceptors (Lipinski definition) is 7. The Labute approximate surface area is 143 Å². The Hall–Kier alpha value is -2.74. The van der Waals surface area contributed by atoms with Gasteiger partial charge < -0.3 is 20.2 Å². The molecule has 8 heteroatoms. The summed E-state index contributed by atoms with van der Waals surface area (Å²) in [6.07, 6.45) is 5.65. The highest BCUT2D eigenvalue weighted by Crippen LogP contribution is 2.28. The largest absolute Gasteiger partial charge is 0.493 e. The van der Waals surface area contributed by atoms with Gasteiger partial charge in [0, 0.05) is 5.75 Å². The predicted molar refractivity (Wildman–Crippen MR) is 95.4 cm³/mol. The van der Waals surface area contributed by atoms with Crippen molar-refractivity contribution in [3.63, 3.8) is 0 Å². The van der Waals surface area contributed by atoms with Crippen LogP contribution in [-0.4, -0.2) is 39.9 Å². The van der Waals surface area contributed by atoms with Gasteiger partial charge in [0.1, 0.15) is 10.5 Å². The summed E-state index contributed by atoms with van der Waals surface area (Å²) in [7, 11) is 3.24. The zero-order chi connectivity index (χ0) is 16.9. The summed E-state index contributed by atoms with van der Waals surface area (Å²) in [6, 6.07) is 5.78. The quantitative estimate of drug-likeness (QED) is 0.524. The van der Waals surface area contributed by atoms with E-state index in [2.05, 4.69) is 19.9 Å². The molecule has 3 rings (SSSR count). The molecule has 124 valence electrons. The first-order chi connectivity index (χ1) is 11.7. The molecule has 0 spiro atoms. The molecule has 0 fully saturated rings. The van der Waals surface area contributed by atoms with Gasteiger partial charge in [0.15, 0.2) is 17.1 Å². The fraction of sp³-hybridized carbons (Fsp3) is 0.188. The Balaban J connectivity index is 1.69. The lowest BCUT2D eigenvalue weighted by molar-refractivity contribution is 0.355. The second-order valence-corrected chi connectivity index (χ2v) is 5.82. The molecule has 0 bridgehead atoms. The van der Waals surface area contributed by atoms with E-state index in [0.717, 1.165) is 21.9 Å². The Morgan fingerprint density at radius 1 is 1.21 bits per heavy atom. The molecule has 1 aromatic carbocycles. The molecule has 0 saturated carbocycles. The Morgan fingerprint density at radius 2 is 2.04 bits per heavy atom. The average molecular weight is 343 g/mol. The van der Waals surface area contributed by atoms with E-state index < -0.39 is 0 Å². The van der Waals surface area contributed by atoms with Gasteiger partial charge in [-0.3, -0.25) is 0 Å². The predicted octanol–water partition coefficient (Wildman–Crippen LogP) is 2.76. The first-order valence-electron chi connectivity index (χ1n) is 7.19. The summed E-state index contributed by atoms with van der Waals surface area (Å²) in [5.74, 6) is 2.37. The van der Waals surface area contributed by atoms with Crippen molar-refractivity contribution in [2.45, 2.75) is 5.03 Å². The number of nitrogen functional groups attached to an aromatic ring is 1. The van der Waals surface area contributed by atoms with Gasteiger partial charge in [-0.2, -0.15) is 4.98 Å². The lowest BCUT2D eigenvalue weighted by atomic mass is 10.2. The van der Waals surface area contributed by atoms with Crippen molar-refractivity contribution in [1.82, 2.24) is 19.9 Å². The number of rotatable bonds is 6. The Kier molecular flexibility index (Phi) is 4.85. The molecule has 0 unspecified atom stereocenters. The van der Waals surface area contributed by atoms with Crippen LogP contribution in [0, 0.1) is 0 Å². The third kappa shape index (κ3) is 3.43. The van der Waals surface area contributed by atoms with Crippen LogP contribution in [0.3, 0.4) is 0 Å². The highest BCUT2D eigenvalue weighted by molar-refractivity contribution is 7.99. The summed E-state index contributed by atoms with van der Waals surface area (Å²) in [6.45, 7) is 0. The van der Waals surface area contributed by atoms with Gasteiger partial charge in [-0.15, -0.1) is 0 Å². The third-order valence-electron chi connectivity index (χ3n) is 3.30. The maximum Gasteiger partial charge on any atom is 0.223 e. The third-order valence-corrected chi connectivity index (χ3v) is 4.23. The minimum Gasteiger partial charge on any atom is -0.493 e. The van der Waals surface area contributed by atoms with Crippen LogP contribution in [-0.2, 0) is 0 Å². The van der Waals surface area contributed by atoms with E-state index in [9.17, 15) is 0 Å². The maximum atomic E-state index is 5.71. The van der Waals surface area contributed by atoms with Gasteiger partial charge in [-0.25, -0.2) is 9.97 Å². The van der Waals surface area contributed by atoms with Crippen molar-refractivity contribution in [2.75, 3.05) is 25.7 Å². The number of benzene rings is 1. The number of ether oxygens (including phenoxy) is 2. The highest BCUT2D eigenvalue weighted by atomic mass is 32.2. The molecular weight excluding hydrogens is 326 g/mol. The van der Waals surface area contributed by atoms with Crippen LogP contribution in [0.1, 0.15) is 5.56 Å². The lowest BCUT2D eigenvalue weighted by Gasteiger charge is -2.07. The first-order valence-corrected chi connectivity index (χ1v) is 8.18. The van der Waals surface area contributed by atoms with Gasteiger partial charge in [0.2, 0.25) is 5.95 Å². The summed E-state index contributed by atoms with van der Waals surface area (Å²) >= 11 is 1.56. The number of imidazole rings is 1. The fourth-order valence-electron chi connectivity index (χ4n) is 2.19. The number of nitrogens with two attached hydrogens (primary N) is 1. The number of nitrogens with zero attached hydrogens (tertiary/aromatic N) is 3. The van der Waals surface area contributed by atoms with E-state index >= 15 is 0 Å². The van der Waals surface area contributed by atoms with Crippen LogP contribution >= 0.6 is 11.8 Å². The van der Waals surface area contributed by atoms with Crippen molar-refractivity contribution in [3.8, 4) is 11.5 Å². The molecule has 0 atom stereocenters. The summed E-state index contributed by atoms with van der Waals surface area (Å²) in [4.78, 5) is 15.5. The normalized spacial score (nSPS) is 11.2. The van der Waals surface area contributed by atoms with Crippen LogP contribution in [0.15, 0.2) is 35.6 Å². The maximum absolute atomic E-state index is 5.71. The van der Waals surface area contributed by atoms with Crippen molar-refractivity contribution in [3.05, 3.63) is 36.2 Å². The Bertz CT molecular complexity index is 878. The second kappa shape index (κ2) is 7.22. The van der Waals surface area contributed by atoms with Gasteiger partial charge in [-0.1, -0.05) is 30.0 Å². The molecule has 24 heavy (non-hydrogen) atoms. The van der Waals surface area contributed by atoms with Crippen LogP contribution < -0.4 is 15.2 Å². The van der Waals surface area contributed by atoms with Gasteiger partial charge in [0.05, 0.1) is 20.5 Å². The second-order valence-electron chi connectivity index (χ2n) is 4.82. The van der Waals surface area contributed by atoms with Crippen molar-refractivity contribution in [2.24, 2.45) is 0 Å². The minimum atomic E-state index is 0.223. The molecule has 2 aromatic heterocycles. The fourth-order valence-corrected chi connectivity index (χ4v) is 3.00. The number of aromatic nitrogens is 4. The van der Waals surface area contributed by atoms with E-state index in [-0.39, 0.29) is 5.95 Å². The van der Waals surface area contributed by atoms with Crippen LogP contribution in [0.25, 0.3) is 17.2 Å². The van der Waals surface area contributed by atoms with Crippen molar-refractivity contribution >= 4 is 35.0 Å². The Morgan fingerprint density at radius 3 is 2.83 bits per heavy atom. The SMILES string of the molecule is COc1ccc(/C=C/CSc2nc(N)nc3nc[nH]c23)cc1OC. The molecule has 0 aliphatic heterocycles. The summed E-state index contributed by atoms with van der Waals surface area (Å²) in [5.41, 5.74) is 8.11. The number of hydrogen-bond donors (Lipinski definition) is 2. The monoisotopic (exact) mass is 343 g/mol. The molecule has 2 heterocycles. The number of methoxy groups -OCH3 is 2. The number of thioether (sulfide) groups is 1. The van der Waals surface area contributed by atoms with E-state index in [1.54, 1.807) is 32.3 Å². The van der Waals surface area contributed by atoms with E-state index in [4.69, 9.17) is 15.2 Å². The molecule has 3 aromatic rings. The standard InChI is InChI=1S/C16H17N5O2S/c1-22-11-6-5-10(8-12(11)23-2)4-3-7-24-15-13-14(19-9-18-13)20-16(17)21-15/h3-6,8-9H,7H2,1-2H3,(H3,17,18,19,20,21)/b4-3+. The van der Waals surface area contributed by atoms with Crippen LogP contribution in [0.2, 0.25) is 0 Å². The zero-order valence-corrected chi connectivity index (χ0v) is 14.1. The van der Waals surface area contributed by atoms with Crippen LogP contribution in [0.5, 0.6) is 11.5 Å². The molecule has 0 amide bonds. The highest BCUT2D eigenvalue weighted by Gasteiger charge is 2.08. The summed E-state index contributed by atoms with van der Waals surface area (Å²) < 4.78 is 10.5. The number of aromatic amines is 1. The first kappa shape index (κ1) is 16.1. The van der Waals surface area contributed by atoms with E-state index in [1.165, 1.54) is 0 Å². The van der Waals surface area contributed by atoms with Crippen molar-refractivity contribution < 1.29 is 9.47 Å². The molecule has 7 nitrogen and oxygen atoms in total. The number of anilines is 1. The molecule has 3 N–H and O–H groups in total. The summed E-state index contributed by atoms with van der Waals surface area (Å²) in [5, 5.41) is 0.784. The number of H-pyrrole nitrogens is 1.